The van der Waals surface area contributed by atoms with Crippen LogP contribution in [-0.4, -0.2) is 45.6 Å². The predicted molar refractivity (Wildman–Crippen MR) is 92.6 cm³/mol. The minimum Gasteiger partial charge on any atom is -0.493 e. The largest absolute Gasteiger partial charge is 0.493 e. The fourth-order valence-corrected chi connectivity index (χ4v) is 2.44. The Labute approximate surface area is 146 Å². The van der Waals surface area contributed by atoms with E-state index in [0.29, 0.717) is 17.2 Å². The molecule has 0 aliphatic carbocycles. The Kier molecular flexibility index (Phi) is 6.65. The molecule has 2 aromatic rings. The van der Waals surface area contributed by atoms with E-state index in [9.17, 15) is 9.90 Å². The van der Waals surface area contributed by atoms with Gasteiger partial charge in [-0.1, -0.05) is 30.3 Å². The van der Waals surface area contributed by atoms with Crippen molar-refractivity contribution in [3.05, 3.63) is 53.6 Å². The van der Waals surface area contributed by atoms with Crippen LogP contribution in [0.4, 0.5) is 0 Å². The zero-order chi connectivity index (χ0) is 18.2. The first-order valence-corrected chi connectivity index (χ1v) is 7.77. The van der Waals surface area contributed by atoms with Crippen LogP contribution in [-0.2, 0) is 4.74 Å². The van der Waals surface area contributed by atoms with E-state index >= 15 is 0 Å². The second-order valence-electron chi connectivity index (χ2n) is 5.30. The van der Waals surface area contributed by atoms with E-state index < -0.39 is 5.97 Å². The number of hydrogen-bond donors (Lipinski definition) is 1. The second-order valence-corrected chi connectivity index (χ2v) is 5.30. The third-order valence-corrected chi connectivity index (χ3v) is 3.81. The molecule has 1 atom stereocenters. The van der Waals surface area contributed by atoms with Crippen molar-refractivity contribution in [2.45, 2.75) is 5.92 Å². The van der Waals surface area contributed by atoms with Gasteiger partial charge in [0.25, 0.3) is 0 Å². The number of hydrogen-bond acceptors (Lipinski definition) is 6. The van der Waals surface area contributed by atoms with Gasteiger partial charge in [0.1, 0.15) is 6.61 Å². The number of carbonyl (C=O) groups is 1. The van der Waals surface area contributed by atoms with Crippen LogP contribution in [0.25, 0.3) is 0 Å². The predicted octanol–water partition coefficient (Wildman–Crippen LogP) is 2.65. The summed E-state index contributed by atoms with van der Waals surface area (Å²) >= 11 is 0. The van der Waals surface area contributed by atoms with Gasteiger partial charge < -0.3 is 24.1 Å². The molecule has 2 rings (SSSR count). The van der Waals surface area contributed by atoms with Crippen LogP contribution in [0.3, 0.4) is 0 Å². The molecule has 1 N–H and O–H groups in total. The fourth-order valence-electron chi connectivity index (χ4n) is 2.44. The molecule has 0 bridgehead atoms. The highest BCUT2D eigenvalue weighted by Crippen LogP contribution is 2.38. The summed E-state index contributed by atoms with van der Waals surface area (Å²) in [7, 11) is 4.44. The Balaban J connectivity index is 2.15. The minimum atomic E-state index is -0.534. The topological polar surface area (TPSA) is 74.2 Å². The lowest BCUT2D eigenvalue weighted by atomic mass is 10.0. The van der Waals surface area contributed by atoms with Crippen LogP contribution in [0.5, 0.6) is 17.2 Å². The van der Waals surface area contributed by atoms with Crippen LogP contribution in [0.1, 0.15) is 21.8 Å². The summed E-state index contributed by atoms with van der Waals surface area (Å²) < 4.78 is 21.1. The lowest BCUT2D eigenvalue weighted by Crippen LogP contribution is -2.16. The molecule has 0 fully saturated rings. The van der Waals surface area contributed by atoms with Gasteiger partial charge in [-0.05, 0) is 17.7 Å². The Morgan fingerprint density at radius 3 is 2.08 bits per heavy atom. The van der Waals surface area contributed by atoms with Crippen molar-refractivity contribution in [3.63, 3.8) is 0 Å². The lowest BCUT2D eigenvalue weighted by Gasteiger charge is -2.16. The average molecular weight is 346 g/mol. The third kappa shape index (κ3) is 4.42. The van der Waals surface area contributed by atoms with Gasteiger partial charge >= 0.3 is 5.97 Å². The molecular weight excluding hydrogens is 324 g/mol. The van der Waals surface area contributed by atoms with Gasteiger partial charge in [-0.3, -0.25) is 0 Å². The molecule has 0 saturated carbocycles. The molecule has 1 unspecified atom stereocenters. The van der Waals surface area contributed by atoms with Crippen molar-refractivity contribution in [1.29, 1.82) is 0 Å². The van der Waals surface area contributed by atoms with Gasteiger partial charge in [-0.2, -0.15) is 0 Å². The molecule has 0 amide bonds. The van der Waals surface area contributed by atoms with Crippen molar-refractivity contribution in [3.8, 4) is 17.2 Å². The summed E-state index contributed by atoms with van der Waals surface area (Å²) in [6.07, 6.45) is 0. The Bertz CT molecular complexity index is 673. The Morgan fingerprint density at radius 1 is 1.00 bits per heavy atom. The van der Waals surface area contributed by atoms with Gasteiger partial charge in [0.15, 0.2) is 11.5 Å². The summed E-state index contributed by atoms with van der Waals surface area (Å²) in [5, 5.41) is 9.55. The molecule has 2 aromatic carbocycles. The molecular formula is C19H22O6. The number of ether oxygens (including phenoxy) is 4. The van der Waals surface area contributed by atoms with Crippen molar-refractivity contribution >= 4 is 5.97 Å². The summed E-state index contributed by atoms with van der Waals surface area (Å²) in [6.45, 7) is -0.0530. The van der Waals surface area contributed by atoms with Gasteiger partial charge in [0.2, 0.25) is 5.75 Å². The number of aliphatic hydroxyl groups is 1. The molecule has 0 aromatic heterocycles. The summed E-state index contributed by atoms with van der Waals surface area (Å²) in [4.78, 5) is 12.4. The molecule has 0 radical (unpaired) electrons. The van der Waals surface area contributed by atoms with Gasteiger partial charge in [0, 0.05) is 5.92 Å². The van der Waals surface area contributed by atoms with Crippen LogP contribution in [0.2, 0.25) is 0 Å². The molecule has 0 aliphatic heterocycles. The molecule has 0 spiro atoms. The molecule has 0 aliphatic rings. The molecule has 134 valence electrons. The normalized spacial score (nSPS) is 11.5. The SMILES string of the molecule is COc1cc(C(=O)OCC(CO)c2ccccc2)cc(OC)c1OC. The van der Waals surface area contributed by atoms with Gasteiger partial charge in [-0.25, -0.2) is 4.79 Å². The third-order valence-electron chi connectivity index (χ3n) is 3.81. The average Bonchev–Trinajstić information content (AvgIpc) is 2.67. The van der Waals surface area contributed by atoms with Crippen molar-refractivity contribution in [2.75, 3.05) is 34.5 Å². The monoisotopic (exact) mass is 346 g/mol. The van der Waals surface area contributed by atoms with E-state index in [-0.39, 0.29) is 24.7 Å². The maximum absolute atomic E-state index is 12.4. The zero-order valence-corrected chi connectivity index (χ0v) is 14.5. The number of rotatable bonds is 8. The number of esters is 1. The lowest BCUT2D eigenvalue weighted by molar-refractivity contribution is 0.0449. The smallest absolute Gasteiger partial charge is 0.338 e. The highest BCUT2D eigenvalue weighted by molar-refractivity contribution is 5.91. The quantitative estimate of drug-likeness (QED) is 0.741. The number of benzene rings is 2. The minimum absolute atomic E-state index is 0.0655. The maximum atomic E-state index is 12.4. The first-order chi connectivity index (χ1) is 12.1. The summed E-state index contributed by atoms with van der Waals surface area (Å²) in [5.74, 6) is 0.325. The molecule has 25 heavy (non-hydrogen) atoms. The van der Waals surface area contributed by atoms with E-state index in [1.54, 1.807) is 0 Å². The summed E-state index contributed by atoms with van der Waals surface area (Å²) in [5.41, 5.74) is 1.18. The second kappa shape index (κ2) is 8.94. The first kappa shape index (κ1) is 18.6. The van der Waals surface area contributed by atoms with Crippen molar-refractivity contribution in [2.24, 2.45) is 0 Å². The van der Waals surface area contributed by atoms with Crippen LogP contribution < -0.4 is 14.2 Å². The molecule has 6 heteroatoms. The van der Waals surface area contributed by atoms with E-state index in [4.69, 9.17) is 18.9 Å². The van der Waals surface area contributed by atoms with Crippen LogP contribution >= 0.6 is 0 Å². The number of aliphatic hydroxyl groups excluding tert-OH is 1. The van der Waals surface area contributed by atoms with E-state index in [1.807, 2.05) is 30.3 Å². The van der Waals surface area contributed by atoms with Crippen LogP contribution in [0.15, 0.2) is 42.5 Å². The van der Waals surface area contributed by atoms with Gasteiger partial charge in [-0.15, -0.1) is 0 Å². The fraction of sp³-hybridized carbons (Fsp3) is 0.316. The van der Waals surface area contributed by atoms with Crippen molar-refractivity contribution < 1.29 is 28.8 Å². The zero-order valence-electron chi connectivity index (χ0n) is 14.5. The van der Waals surface area contributed by atoms with Gasteiger partial charge in [0.05, 0.1) is 33.5 Å². The van der Waals surface area contributed by atoms with E-state index in [0.717, 1.165) is 5.56 Å². The molecule has 0 saturated heterocycles. The molecule has 6 nitrogen and oxygen atoms in total. The Morgan fingerprint density at radius 2 is 1.60 bits per heavy atom. The highest BCUT2D eigenvalue weighted by atomic mass is 16.5. The van der Waals surface area contributed by atoms with E-state index in [2.05, 4.69) is 0 Å². The number of carbonyl (C=O) groups excluding carboxylic acids is 1. The Hall–Kier alpha value is -2.73. The molecule has 0 heterocycles. The standard InChI is InChI=1S/C19H22O6/c1-22-16-9-14(10-17(23-2)18(16)24-3)19(21)25-12-15(11-20)13-7-5-4-6-8-13/h4-10,15,20H,11-12H2,1-3H3. The highest BCUT2D eigenvalue weighted by Gasteiger charge is 2.19. The number of methoxy groups -OCH3 is 3. The first-order valence-electron chi connectivity index (χ1n) is 7.77. The van der Waals surface area contributed by atoms with E-state index in [1.165, 1.54) is 33.5 Å². The summed E-state index contributed by atoms with van der Waals surface area (Å²) in [6, 6.07) is 12.5. The van der Waals surface area contributed by atoms with Crippen molar-refractivity contribution in [1.82, 2.24) is 0 Å². The maximum Gasteiger partial charge on any atom is 0.338 e. The van der Waals surface area contributed by atoms with Crippen LogP contribution in [0, 0.1) is 0 Å².